The lowest BCUT2D eigenvalue weighted by Gasteiger charge is -2.17. The first-order valence-corrected chi connectivity index (χ1v) is 5.57. The van der Waals surface area contributed by atoms with Gasteiger partial charge in [0.1, 0.15) is 0 Å². The van der Waals surface area contributed by atoms with Crippen molar-refractivity contribution in [3.05, 3.63) is 37.4 Å². The molecule has 4 heteroatoms. The fourth-order valence-electron chi connectivity index (χ4n) is 0.911. The maximum Gasteiger partial charge on any atom is 0.234 e. The topological polar surface area (TPSA) is 37.4 Å². The molecule has 1 aromatic rings. The third kappa shape index (κ3) is 2.21. The molecule has 0 aliphatic heterocycles. The van der Waals surface area contributed by atoms with Gasteiger partial charge in [-0.3, -0.25) is 4.31 Å². The Bertz CT molecular complexity index is 358. The Morgan fingerprint density at radius 1 is 1.31 bits per heavy atom. The van der Waals surface area contributed by atoms with Gasteiger partial charge in [0, 0.05) is 0 Å². The second kappa shape index (κ2) is 3.79. The zero-order chi connectivity index (χ0) is 9.90. The lowest BCUT2D eigenvalue weighted by Crippen LogP contribution is -2.25. The Morgan fingerprint density at radius 2 is 1.85 bits per heavy atom. The SMILES string of the molecule is [CH2]N(c1ccccc1)S(=O)(=O)CC. The van der Waals surface area contributed by atoms with E-state index in [4.69, 9.17) is 0 Å². The molecule has 0 saturated carbocycles. The van der Waals surface area contributed by atoms with E-state index in [-0.39, 0.29) is 5.75 Å². The zero-order valence-corrected chi connectivity index (χ0v) is 8.29. The van der Waals surface area contributed by atoms with E-state index in [0.717, 1.165) is 4.31 Å². The van der Waals surface area contributed by atoms with Crippen LogP contribution in [-0.2, 0) is 10.0 Å². The summed E-state index contributed by atoms with van der Waals surface area (Å²) in [7, 11) is 0.267. The van der Waals surface area contributed by atoms with E-state index in [9.17, 15) is 8.42 Å². The number of anilines is 1. The van der Waals surface area contributed by atoms with Gasteiger partial charge >= 0.3 is 0 Å². The van der Waals surface area contributed by atoms with Crippen LogP contribution in [0, 0.1) is 7.05 Å². The Morgan fingerprint density at radius 3 is 2.31 bits per heavy atom. The van der Waals surface area contributed by atoms with Crippen molar-refractivity contribution in [1.82, 2.24) is 0 Å². The maximum atomic E-state index is 11.4. The van der Waals surface area contributed by atoms with Crippen LogP contribution in [0.25, 0.3) is 0 Å². The molecule has 1 aromatic carbocycles. The predicted molar refractivity (Wildman–Crippen MR) is 53.7 cm³/mol. The molecule has 0 aromatic heterocycles. The summed E-state index contributed by atoms with van der Waals surface area (Å²) in [6, 6.07) is 8.80. The number of hydrogen-bond acceptors (Lipinski definition) is 2. The molecule has 71 valence electrons. The van der Waals surface area contributed by atoms with Crippen LogP contribution >= 0.6 is 0 Å². The summed E-state index contributed by atoms with van der Waals surface area (Å²) in [5.41, 5.74) is 0.587. The minimum absolute atomic E-state index is 0.0609. The average Bonchev–Trinajstić information content (AvgIpc) is 2.18. The van der Waals surface area contributed by atoms with Crippen molar-refractivity contribution in [2.45, 2.75) is 6.92 Å². The van der Waals surface area contributed by atoms with Gasteiger partial charge in [0.05, 0.1) is 18.5 Å². The van der Waals surface area contributed by atoms with Crippen molar-refractivity contribution in [3.63, 3.8) is 0 Å². The molecule has 1 rings (SSSR count). The van der Waals surface area contributed by atoms with Crippen molar-refractivity contribution in [3.8, 4) is 0 Å². The molecular formula is C9H12NO2S. The summed E-state index contributed by atoms with van der Waals surface area (Å²) in [5.74, 6) is 0.0609. The molecule has 0 unspecified atom stereocenters. The van der Waals surface area contributed by atoms with Gasteiger partial charge in [-0.15, -0.1) is 0 Å². The Kier molecular flexibility index (Phi) is 2.93. The Hall–Kier alpha value is -1.03. The number of benzene rings is 1. The van der Waals surface area contributed by atoms with Gasteiger partial charge in [-0.25, -0.2) is 8.42 Å². The van der Waals surface area contributed by atoms with Crippen molar-refractivity contribution in [1.29, 1.82) is 0 Å². The van der Waals surface area contributed by atoms with Crippen LogP contribution in [-0.4, -0.2) is 14.2 Å². The van der Waals surface area contributed by atoms with E-state index in [1.807, 2.05) is 6.07 Å². The fourth-order valence-corrected chi connectivity index (χ4v) is 1.67. The number of sulfonamides is 1. The maximum absolute atomic E-state index is 11.4. The quantitative estimate of drug-likeness (QED) is 0.740. The summed E-state index contributed by atoms with van der Waals surface area (Å²) in [5, 5.41) is 0. The van der Waals surface area contributed by atoms with Gasteiger partial charge in [0.15, 0.2) is 0 Å². The minimum atomic E-state index is -3.23. The van der Waals surface area contributed by atoms with E-state index >= 15 is 0 Å². The molecule has 13 heavy (non-hydrogen) atoms. The summed E-state index contributed by atoms with van der Waals surface area (Å²) in [4.78, 5) is 0. The smallest absolute Gasteiger partial charge is 0.234 e. The first kappa shape index (κ1) is 10.1. The van der Waals surface area contributed by atoms with Crippen LogP contribution in [0.15, 0.2) is 30.3 Å². The molecule has 0 atom stereocenters. The molecule has 0 aliphatic carbocycles. The van der Waals surface area contributed by atoms with Crippen LogP contribution in [0.4, 0.5) is 5.69 Å². The van der Waals surface area contributed by atoms with E-state index in [1.165, 1.54) is 0 Å². The van der Waals surface area contributed by atoms with Crippen molar-refractivity contribution >= 4 is 15.7 Å². The van der Waals surface area contributed by atoms with Crippen molar-refractivity contribution < 1.29 is 8.42 Å². The fraction of sp³-hybridized carbons (Fsp3) is 0.222. The monoisotopic (exact) mass is 198 g/mol. The highest BCUT2D eigenvalue weighted by Gasteiger charge is 2.14. The standard InChI is InChI=1S/C9H12NO2S/c1-3-13(11,12)10(2)9-7-5-4-6-8-9/h4-8H,2-3H2,1H3. The van der Waals surface area contributed by atoms with Crippen LogP contribution < -0.4 is 4.31 Å². The number of para-hydroxylation sites is 1. The molecule has 0 saturated heterocycles. The third-order valence-corrected chi connectivity index (χ3v) is 3.36. The molecule has 0 fully saturated rings. The highest BCUT2D eigenvalue weighted by Crippen LogP contribution is 2.15. The number of hydrogen-bond donors (Lipinski definition) is 0. The molecule has 0 spiro atoms. The molecule has 3 nitrogen and oxygen atoms in total. The van der Waals surface area contributed by atoms with Gasteiger partial charge in [-0.1, -0.05) is 18.2 Å². The first-order valence-electron chi connectivity index (χ1n) is 3.96. The highest BCUT2D eigenvalue weighted by atomic mass is 32.2. The largest absolute Gasteiger partial charge is 0.268 e. The second-order valence-electron chi connectivity index (χ2n) is 2.58. The summed E-state index contributed by atoms with van der Waals surface area (Å²) in [6.07, 6.45) is 0. The van der Waals surface area contributed by atoms with Crippen LogP contribution in [0.3, 0.4) is 0 Å². The zero-order valence-electron chi connectivity index (χ0n) is 7.47. The van der Waals surface area contributed by atoms with E-state index < -0.39 is 10.0 Å². The van der Waals surface area contributed by atoms with Crippen LogP contribution in [0.2, 0.25) is 0 Å². The van der Waals surface area contributed by atoms with E-state index in [1.54, 1.807) is 31.2 Å². The predicted octanol–water partition coefficient (Wildman–Crippen LogP) is 1.63. The molecule has 0 aliphatic rings. The Labute approximate surface area is 79.0 Å². The van der Waals surface area contributed by atoms with Gasteiger partial charge in [0.2, 0.25) is 10.0 Å². The lowest BCUT2D eigenvalue weighted by molar-refractivity contribution is 0.597. The van der Waals surface area contributed by atoms with Crippen molar-refractivity contribution in [2.75, 3.05) is 10.1 Å². The van der Waals surface area contributed by atoms with Gasteiger partial charge in [-0.2, -0.15) is 0 Å². The molecule has 0 amide bonds. The molecule has 0 bridgehead atoms. The van der Waals surface area contributed by atoms with Crippen molar-refractivity contribution in [2.24, 2.45) is 0 Å². The van der Waals surface area contributed by atoms with Crippen LogP contribution in [0.5, 0.6) is 0 Å². The summed E-state index contributed by atoms with van der Waals surface area (Å²) >= 11 is 0. The van der Waals surface area contributed by atoms with Gasteiger partial charge in [0.25, 0.3) is 0 Å². The third-order valence-electron chi connectivity index (χ3n) is 1.74. The normalized spacial score (nSPS) is 11.2. The molecule has 1 radical (unpaired) electrons. The molecule has 0 heterocycles. The molecule has 0 N–H and O–H groups in total. The number of nitrogens with zero attached hydrogens (tertiary/aromatic N) is 1. The Balaban J connectivity index is 2.99. The van der Waals surface area contributed by atoms with Gasteiger partial charge < -0.3 is 0 Å². The lowest BCUT2D eigenvalue weighted by atomic mass is 10.3. The van der Waals surface area contributed by atoms with E-state index in [0.29, 0.717) is 5.69 Å². The number of rotatable bonds is 3. The van der Waals surface area contributed by atoms with Gasteiger partial charge in [-0.05, 0) is 19.1 Å². The average molecular weight is 198 g/mol. The minimum Gasteiger partial charge on any atom is -0.268 e. The first-order chi connectivity index (χ1) is 6.08. The van der Waals surface area contributed by atoms with E-state index in [2.05, 4.69) is 7.05 Å². The summed E-state index contributed by atoms with van der Waals surface area (Å²) < 4.78 is 23.8. The van der Waals surface area contributed by atoms with Crippen LogP contribution in [0.1, 0.15) is 6.92 Å². The highest BCUT2D eigenvalue weighted by molar-refractivity contribution is 7.92. The molecular weight excluding hydrogens is 186 g/mol. The second-order valence-corrected chi connectivity index (χ2v) is 4.77. The summed E-state index contributed by atoms with van der Waals surface area (Å²) in [6.45, 7) is 1.59.